The Bertz CT molecular complexity index is 474. The van der Waals surface area contributed by atoms with Crippen molar-refractivity contribution in [1.29, 1.82) is 0 Å². The summed E-state index contributed by atoms with van der Waals surface area (Å²) in [6.07, 6.45) is 2.57. The summed E-state index contributed by atoms with van der Waals surface area (Å²) in [6.45, 7) is 7.72. The molecule has 1 atom stereocenters. The number of ether oxygens (including phenoxy) is 2. The number of esters is 1. The summed E-state index contributed by atoms with van der Waals surface area (Å²) in [5.41, 5.74) is 0. The van der Waals surface area contributed by atoms with E-state index < -0.39 is 0 Å². The van der Waals surface area contributed by atoms with E-state index in [9.17, 15) is 9.59 Å². The van der Waals surface area contributed by atoms with Gasteiger partial charge in [0.15, 0.2) is 5.96 Å². The van der Waals surface area contributed by atoms with Crippen LogP contribution >= 0.6 is 24.0 Å². The Morgan fingerprint density at radius 2 is 2.00 bits per heavy atom. The minimum atomic E-state index is -0.155. The van der Waals surface area contributed by atoms with Crippen LogP contribution in [0.3, 0.4) is 0 Å². The van der Waals surface area contributed by atoms with E-state index in [4.69, 9.17) is 9.47 Å². The summed E-state index contributed by atoms with van der Waals surface area (Å²) in [4.78, 5) is 32.0. The van der Waals surface area contributed by atoms with E-state index in [2.05, 4.69) is 15.2 Å². The van der Waals surface area contributed by atoms with Gasteiger partial charge in [0.1, 0.15) is 6.54 Å². The third-order valence-corrected chi connectivity index (χ3v) is 4.16. The van der Waals surface area contributed by atoms with E-state index in [-0.39, 0.29) is 48.3 Å². The van der Waals surface area contributed by atoms with Gasteiger partial charge in [-0.25, -0.2) is 4.99 Å². The van der Waals surface area contributed by atoms with Gasteiger partial charge in [-0.1, -0.05) is 0 Å². The highest BCUT2D eigenvalue weighted by atomic mass is 127. The fourth-order valence-corrected chi connectivity index (χ4v) is 2.69. The molecular weight excluding hydrogens is 463 g/mol. The lowest BCUT2D eigenvalue weighted by molar-refractivity contribution is -0.149. The Kier molecular flexibility index (Phi) is 14.3. The molecule has 27 heavy (non-hydrogen) atoms. The second-order valence-corrected chi connectivity index (χ2v) is 6.44. The van der Waals surface area contributed by atoms with Crippen LogP contribution in [0.4, 0.5) is 0 Å². The number of guanidine groups is 1. The normalized spacial score (nSPS) is 17.1. The lowest BCUT2D eigenvalue weighted by Crippen LogP contribution is -2.49. The molecule has 1 N–H and O–H groups in total. The predicted octanol–water partition coefficient (Wildman–Crippen LogP) is 1.34. The van der Waals surface area contributed by atoms with E-state index in [0.717, 1.165) is 25.8 Å². The summed E-state index contributed by atoms with van der Waals surface area (Å²) >= 11 is 0. The van der Waals surface area contributed by atoms with Crippen molar-refractivity contribution < 1.29 is 19.1 Å². The van der Waals surface area contributed by atoms with Gasteiger partial charge in [0, 0.05) is 46.9 Å². The average molecular weight is 498 g/mol. The third-order valence-electron chi connectivity index (χ3n) is 4.16. The number of carbonyl (C=O) groups is 2. The van der Waals surface area contributed by atoms with Crippen LogP contribution in [0.2, 0.25) is 0 Å². The molecule has 1 aliphatic rings. The van der Waals surface area contributed by atoms with Crippen molar-refractivity contribution in [1.82, 2.24) is 15.1 Å². The Morgan fingerprint density at radius 1 is 1.26 bits per heavy atom. The molecular formula is C18H35IN4O4. The molecule has 1 rings (SSSR count). The fourth-order valence-electron chi connectivity index (χ4n) is 2.69. The van der Waals surface area contributed by atoms with Crippen molar-refractivity contribution in [3.8, 4) is 0 Å². The highest BCUT2D eigenvalue weighted by Crippen LogP contribution is 2.18. The van der Waals surface area contributed by atoms with E-state index >= 15 is 0 Å². The molecule has 1 aliphatic heterocycles. The summed E-state index contributed by atoms with van der Waals surface area (Å²) in [7, 11) is 3.43. The van der Waals surface area contributed by atoms with Crippen LogP contribution in [0.5, 0.6) is 0 Å². The number of aliphatic imine (C=N–C) groups is 1. The molecule has 0 aromatic heterocycles. The minimum absolute atomic E-state index is 0. The van der Waals surface area contributed by atoms with Gasteiger partial charge in [-0.15, -0.1) is 24.0 Å². The van der Waals surface area contributed by atoms with Gasteiger partial charge >= 0.3 is 5.97 Å². The van der Waals surface area contributed by atoms with E-state index in [0.29, 0.717) is 38.9 Å². The Morgan fingerprint density at radius 3 is 2.63 bits per heavy atom. The second-order valence-electron chi connectivity index (χ2n) is 6.44. The molecule has 0 aromatic carbocycles. The zero-order valence-corrected chi connectivity index (χ0v) is 19.4. The minimum Gasteiger partial charge on any atom is -0.466 e. The maximum absolute atomic E-state index is 12.1. The predicted molar refractivity (Wildman–Crippen MR) is 116 cm³/mol. The van der Waals surface area contributed by atoms with Gasteiger partial charge in [-0.2, -0.15) is 0 Å². The number of hydrogen-bond donors (Lipinski definition) is 1. The fraction of sp³-hybridized carbons (Fsp3) is 0.833. The Hall–Kier alpha value is -1.10. The highest BCUT2D eigenvalue weighted by Gasteiger charge is 2.28. The number of piperidine rings is 1. The van der Waals surface area contributed by atoms with E-state index in [1.807, 2.05) is 13.8 Å². The molecule has 0 radical (unpaired) electrons. The number of nitrogens with zero attached hydrogens (tertiary/aromatic N) is 3. The van der Waals surface area contributed by atoms with Crippen molar-refractivity contribution >= 4 is 41.8 Å². The van der Waals surface area contributed by atoms with Crippen molar-refractivity contribution in [3.05, 3.63) is 0 Å². The molecule has 1 amide bonds. The molecule has 0 aromatic rings. The van der Waals surface area contributed by atoms with E-state index in [1.54, 1.807) is 14.1 Å². The number of carbonyl (C=O) groups excluding carboxylic acids is 2. The van der Waals surface area contributed by atoms with Crippen LogP contribution < -0.4 is 5.32 Å². The molecule has 158 valence electrons. The molecule has 0 bridgehead atoms. The lowest BCUT2D eigenvalue weighted by atomic mass is 9.98. The third kappa shape index (κ3) is 10.1. The monoisotopic (exact) mass is 498 g/mol. The topological polar surface area (TPSA) is 83.5 Å². The first-order valence-electron chi connectivity index (χ1n) is 9.47. The van der Waals surface area contributed by atoms with Crippen LogP contribution in [0, 0.1) is 5.92 Å². The molecule has 0 aliphatic carbocycles. The largest absolute Gasteiger partial charge is 0.466 e. The number of halogens is 1. The van der Waals surface area contributed by atoms with Crippen molar-refractivity contribution in [2.45, 2.75) is 33.1 Å². The number of amides is 1. The zero-order chi connectivity index (χ0) is 19.4. The van der Waals surface area contributed by atoms with Crippen LogP contribution in [0.15, 0.2) is 4.99 Å². The van der Waals surface area contributed by atoms with Gasteiger partial charge in [0.2, 0.25) is 5.91 Å². The maximum Gasteiger partial charge on any atom is 0.310 e. The van der Waals surface area contributed by atoms with Gasteiger partial charge in [0.05, 0.1) is 12.5 Å². The number of likely N-dealkylation sites (N-methyl/N-ethyl adjacent to an activating group) is 1. The first-order chi connectivity index (χ1) is 12.5. The standard InChI is InChI=1S/C18H34N4O4.HI/c1-5-25-12-8-10-19-18(20-13-16(23)21(3)4)22-11-7-9-15(14-22)17(24)26-6-2;/h15H,5-14H2,1-4H3,(H,19,20);1H. The quantitative estimate of drug-likeness (QED) is 0.170. The van der Waals surface area contributed by atoms with Gasteiger partial charge in [0.25, 0.3) is 0 Å². The van der Waals surface area contributed by atoms with Gasteiger partial charge in [-0.3, -0.25) is 9.59 Å². The Labute approximate surface area is 180 Å². The average Bonchev–Trinajstić information content (AvgIpc) is 2.64. The Balaban J connectivity index is 0.00000676. The smallest absolute Gasteiger partial charge is 0.310 e. The molecule has 9 heteroatoms. The first kappa shape index (κ1) is 25.9. The molecule has 1 unspecified atom stereocenters. The van der Waals surface area contributed by atoms with Crippen molar-refractivity contribution in [3.63, 3.8) is 0 Å². The number of rotatable bonds is 9. The zero-order valence-electron chi connectivity index (χ0n) is 17.0. The second kappa shape index (κ2) is 14.9. The van der Waals surface area contributed by atoms with Crippen LogP contribution in [-0.2, 0) is 19.1 Å². The van der Waals surface area contributed by atoms with Gasteiger partial charge < -0.3 is 24.6 Å². The van der Waals surface area contributed by atoms with Crippen LogP contribution in [-0.4, -0.2) is 87.7 Å². The molecule has 1 heterocycles. The maximum atomic E-state index is 12.1. The number of likely N-dealkylation sites (tertiary alicyclic amines) is 1. The molecule has 0 saturated carbocycles. The number of nitrogens with one attached hydrogen (secondary N) is 1. The molecule has 1 saturated heterocycles. The SMILES string of the molecule is CCOCCCNC(=NCC(=O)N(C)C)N1CCCC(C(=O)OCC)C1.I. The van der Waals surface area contributed by atoms with Crippen LogP contribution in [0.1, 0.15) is 33.1 Å². The lowest BCUT2D eigenvalue weighted by Gasteiger charge is -2.34. The molecule has 0 spiro atoms. The highest BCUT2D eigenvalue weighted by molar-refractivity contribution is 14.0. The molecule has 1 fully saturated rings. The summed E-state index contributed by atoms with van der Waals surface area (Å²) in [6, 6.07) is 0. The van der Waals surface area contributed by atoms with Crippen molar-refractivity contribution in [2.24, 2.45) is 10.9 Å². The summed E-state index contributed by atoms with van der Waals surface area (Å²) in [5.74, 6) is 0.309. The van der Waals surface area contributed by atoms with Gasteiger partial charge in [-0.05, 0) is 33.1 Å². The van der Waals surface area contributed by atoms with E-state index in [1.165, 1.54) is 4.90 Å². The molecule has 8 nitrogen and oxygen atoms in total. The van der Waals surface area contributed by atoms with Crippen molar-refractivity contribution in [2.75, 3.05) is 60.1 Å². The first-order valence-corrected chi connectivity index (χ1v) is 9.47. The number of hydrogen-bond acceptors (Lipinski definition) is 5. The summed E-state index contributed by atoms with van der Waals surface area (Å²) < 4.78 is 10.5. The van der Waals surface area contributed by atoms with Crippen LogP contribution in [0.25, 0.3) is 0 Å². The summed E-state index contributed by atoms with van der Waals surface area (Å²) in [5, 5.41) is 3.31.